The summed E-state index contributed by atoms with van der Waals surface area (Å²) in [5, 5.41) is 4.08. The molecular formula is C8H10IN2O2P. The minimum Gasteiger partial charge on any atom is -0.463 e. The Balaban J connectivity index is 2.55. The van der Waals surface area contributed by atoms with Crippen molar-refractivity contribution < 1.29 is 9.53 Å². The molecule has 0 bridgehead atoms. The quantitative estimate of drug-likeness (QED) is 0.369. The Labute approximate surface area is 97.0 Å². The number of nitrogens with zero attached hydrogens (tertiary/aromatic N) is 2. The Morgan fingerprint density at radius 1 is 1.86 bits per heavy atom. The number of ether oxygens (including phenoxy) is 1. The molecule has 6 heteroatoms. The Hall–Kier alpha value is -0.420. The maximum Gasteiger partial charge on any atom is 0.330 e. The van der Waals surface area contributed by atoms with Crippen molar-refractivity contribution in [3.05, 3.63) is 24.0 Å². The molecule has 76 valence electrons. The number of esters is 1. The molecule has 1 heterocycles. The second kappa shape index (κ2) is 6.14. The summed E-state index contributed by atoms with van der Waals surface area (Å²) in [4.78, 5) is 11.0. The summed E-state index contributed by atoms with van der Waals surface area (Å²) in [7, 11) is 0. The largest absolute Gasteiger partial charge is 0.463 e. The second-order valence-electron chi connectivity index (χ2n) is 2.39. The molecule has 0 amide bonds. The molecule has 14 heavy (non-hydrogen) atoms. The van der Waals surface area contributed by atoms with Gasteiger partial charge >= 0.3 is 5.97 Å². The van der Waals surface area contributed by atoms with Crippen molar-refractivity contribution in [3.8, 4) is 0 Å². The normalized spacial score (nSPS) is 11.6. The first-order valence-electron chi connectivity index (χ1n) is 4.02. The number of halogens is 1. The Kier molecular flexibility index (Phi) is 5.11. The van der Waals surface area contributed by atoms with Crippen molar-refractivity contribution in [1.82, 2.24) is 9.55 Å². The predicted octanol–water partition coefficient (Wildman–Crippen LogP) is 2.25. The topological polar surface area (TPSA) is 44.1 Å². The van der Waals surface area contributed by atoms with Crippen LogP contribution in [0.3, 0.4) is 0 Å². The number of carbonyl (C=O) groups is 1. The molecule has 1 rings (SSSR count). The molecule has 0 aliphatic rings. The zero-order valence-electron chi connectivity index (χ0n) is 7.61. The molecule has 0 radical (unpaired) electrons. The number of hydrogen-bond acceptors (Lipinski definition) is 3. The summed E-state index contributed by atoms with van der Waals surface area (Å²) in [6.07, 6.45) is 7.26. The van der Waals surface area contributed by atoms with Crippen LogP contribution in [0, 0.1) is 0 Å². The van der Waals surface area contributed by atoms with E-state index in [1.807, 2.05) is 10.6 Å². The van der Waals surface area contributed by atoms with Gasteiger partial charge in [0, 0.05) is 17.8 Å². The summed E-state index contributed by atoms with van der Waals surface area (Å²) < 4.78 is 6.55. The first-order chi connectivity index (χ1) is 6.76. The maximum atomic E-state index is 11.0. The summed E-state index contributed by atoms with van der Waals surface area (Å²) in [5.41, 5.74) is 0.905. The molecule has 0 aliphatic heterocycles. The van der Waals surface area contributed by atoms with Gasteiger partial charge in [-0.2, -0.15) is 5.10 Å². The van der Waals surface area contributed by atoms with Crippen molar-refractivity contribution in [2.24, 2.45) is 0 Å². The van der Waals surface area contributed by atoms with Crippen molar-refractivity contribution in [2.75, 3.05) is 6.61 Å². The van der Waals surface area contributed by atoms with Gasteiger partial charge < -0.3 is 4.74 Å². The fourth-order valence-corrected chi connectivity index (χ4v) is 1.91. The van der Waals surface area contributed by atoms with E-state index in [0.717, 1.165) is 5.56 Å². The predicted molar refractivity (Wildman–Crippen MR) is 65.6 cm³/mol. The average molecular weight is 324 g/mol. The van der Waals surface area contributed by atoms with Crippen molar-refractivity contribution in [2.45, 2.75) is 6.92 Å². The average Bonchev–Trinajstić information content (AvgIpc) is 2.63. The van der Waals surface area contributed by atoms with E-state index >= 15 is 0 Å². The van der Waals surface area contributed by atoms with Gasteiger partial charge in [-0.1, -0.05) is 0 Å². The summed E-state index contributed by atoms with van der Waals surface area (Å²) in [6, 6.07) is 0. The van der Waals surface area contributed by atoms with E-state index in [9.17, 15) is 4.79 Å². The Bertz CT molecular complexity index is 338. The van der Waals surface area contributed by atoms with Gasteiger partial charge in [0.15, 0.2) is 0 Å². The molecule has 0 saturated carbocycles. The minimum atomic E-state index is -0.322. The number of rotatable bonds is 4. The van der Waals surface area contributed by atoms with Gasteiger partial charge in [0.2, 0.25) is 0 Å². The van der Waals surface area contributed by atoms with Crippen LogP contribution in [0.4, 0.5) is 0 Å². The van der Waals surface area contributed by atoms with Crippen LogP contribution in [-0.4, -0.2) is 22.1 Å². The summed E-state index contributed by atoms with van der Waals surface area (Å²) in [5.74, 6) is -0.322. The van der Waals surface area contributed by atoms with E-state index in [4.69, 9.17) is 4.74 Å². The lowest BCUT2D eigenvalue weighted by Gasteiger charge is -1.93. The maximum absolute atomic E-state index is 11.0. The first kappa shape index (κ1) is 11.7. The molecule has 1 unspecified atom stereocenters. The highest BCUT2D eigenvalue weighted by atomic mass is 127. The van der Waals surface area contributed by atoms with Gasteiger partial charge in [-0.15, -0.1) is 0 Å². The third-order valence-corrected chi connectivity index (χ3v) is 3.29. The van der Waals surface area contributed by atoms with E-state index < -0.39 is 0 Å². The van der Waals surface area contributed by atoms with Gasteiger partial charge in [0.05, 0.1) is 19.2 Å². The molecule has 4 nitrogen and oxygen atoms in total. The van der Waals surface area contributed by atoms with Gasteiger partial charge in [-0.25, -0.2) is 9.25 Å². The monoisotopic (exact) mass is 324 g/mol. The molecule has 1 atom stereocenters. The number of hydrogen-bond donors (Lipinski definition) is 0. The van der Waals surface area contributed by atoms with Crippen LogP contribution >= 0.6 is 28.4 Å². The fourth-order valence-electron chi connectivity index (χ4n) is 0.824. The fraction of sp³-hybridized carbons (Fsp3) is 0.250. The van der Waals surface area contributed by atoms with E-state index in [1.165, 1.54) is 6.08 Å². The zero-order valence-corrected chi connectivity index (χ0v) is 10.8. The third-order valence-electron chi connectivity index (χ3n) is 1.39. The molecule has 0 aromatic carbocycles. The van der Waals surface area contributed by atoms with Crippen LogP contribution in [0.2, 0.25) is 0 Å². The SMILES string of the molecule is CCOC(=O)/C=C/c1cnn(PI)c1. The molecule has 0 spiro atoms. The summed E-state index contributed by atoms with van der Waals surface area (Å²) >= 11 is 2.23. The highest BCUT2D eigenvalue weighted by molar-refractivity contribution is 14.2. The number of carbonyl (C=O) groups excluding carboxylic acids is 1. The molecule has 0 fully saturated rings. The van der Waals surface area contributed by atoms with E-state index in [0.29, 0.717) is 13.0 Å². The lowest BCUT2D eigenvalue weighted by atomic mass is 10.3. The first-order valence-corrected chi connectivity index (χ1v) is 8.08. The third kappa shape index (κ3) is 3.75. The van der Waals surface area contributed by atoms with Crippen LogP contribution in [0.5, 0.6) is 0 Å². The van der Waals surface area contributed by atoms with E-state index in [-0.39, 0.29) is 5.97 Å². The lowest BCUT2D eigenvalue weighted by Crippen LogP contribution is -1.98. The molecule has 0 saturated heterocycles. The summed E-state index contributed by atoms with van der Waals surface area (Å²) in [6.45, 7) is 2.18. The van der Waals surface area contributed by atoms with Crippen molar-refractivity contribution >= 4 is 40.5 Å². The highest BCUT2D eigenvalue weighted by Crippen LogP contribution is 2.22. The molecule has 0 aliphatic carbocycles. The van der Waals surface area contributed by atoms with Crippen molar-refractivity contribution in [3.63, 3.8) is 0 Å². The lowest BCUT2D eigenvalue weighted by molar-refractivity contribution is -0.137. The zero-order chi connectivity index (χ0) is 10.4. The smallest absolute Gasteiger partial charge is 0.330 e. The molecule has 1 aromatic heterocycles. The second-order valence-corrected chi connectivity index (χ2v) is 4.46. The van der Waals surface area contributed by atoms with Gasteiger partial charge in [-0.05, 0) is 35.0 Å². The van der Waals surface area contributed by atoms with Crippen molar-refractivity contribution in [1.29, 1.82) is 0 Å². The van der Waals surface area contributed by atoms with Crippen LogP contribution < -0.4 is 0 Å². The Morgan fingerprint density at radius 2 is 2.64 bits per heavy atom. The molecule has 0 N–H and O–H groups in total. The van der Waals surface area contributed by atoms with Crippen LogP contribution in [0.15, 0.2) is 18.5 Å². The van der Waals surface area contributed by atoms with Crippen LogP contribution in [0.1, 0.15) is 12.5 Å². The standard InChI is InChI=1S/C8H10IN2O2P/c1-2-13-8(12)4-3-7-5-10-11(6-7)14-9/h3-6,14H,2H2,1H3/b4-3+. The van der Waals surface area contributed by atoms with Gasteiger partial charge in [-0.3, -0.25) is 0 Å². The highest BCUT2D eigenvalue weighted by Gasteiger charge is 1.96. The molecule has 1 aromatic rings. The molecular weight excluding hydrogens is 314 g/mol. The van der Waals surface area contributed by atoms with Gasteiger partial charge in [0.25, 0.3) is 0 Å². The Morgan fingerprint density at radius 3 is 3.21 bits per heavy atom. The van der Waals surface area contributed by atoms with E-state index in [1.54, 1.807) is 19.2 Å². The van der Waals surface area contributed by atoms with Crippen LogP contribution in [0.25, 0.3) is 6.08 Å². The van der Waals surface area contributed by atoms with Gasteiger partial charge in [0.1, 0.15) is 0 Å². The number of aromatic nitrogens is 2. The minimum absolute atomic E-state index is 0.322. The van der Waals surface area contributed by atoms with E-state index in [2.05, 4.69) is 27.1 Å². The van der Waals surface area contributed by atoms with Crippen LogP contribution in [-0.2, 0) is 9.53 Å².